The van der Waals surface area contributed by atoms with Gasteiger partial charge < -0.3 is 0 Å². The molecule has 0 saturated heterocycles. The molecule has 0 heterocycles. The zero-order valence-corrected chi connectivity index (χ0v) is 5.81. The standard InChI is InChI=1S/C5H3F8/c6-1-3(8,9)5(12,13)4(10,11)2-7/h1H,2H2. The summed E-state index contributed by atoms with van der Waals surface area (Å²) in [6, 6.07) is 0. The first-order valence-electron chi connectivity index (χ1n) is 2.76. The molecule has 79 valence electrons. The minimum atomic E-state index is -6.08. The maximum Gasteiger partial charge on any atom is 0.377 e. The fraction of sp³-hybridized carbons (Fsp3) is 0.800. The molecule has 0 aromatic rings. The normalized spacial score (nSPS) is 14.8. The zero-order chi connectivity index (χ0) is 10.9. The summed E-state index contributed by atoms with van der Waals surface area (Å²) in [6.45, 7) is -4.89. The first kappa shape index (κ1) is 12.4. The number of hydrogen-bond donors (Lipinski definition) is 0. The second-order valence-corrected chi connectivity index (χ2v) is 2.14. The monoisotopic (exact) mass is 215 g/mol. The molecule has 0 aliphatic carbocycles. The highest BCUT2D eigenvalue weighted by molar-refractivity contribution is 4.99. The Bertz CT molecular complexity index is 155. The largest absolute Gasteiger partial charge is 0.377 e. The summed E-state index contributed by atoms with van der Waals surface area (Å²) in [4.78, 5) is 0. The third-order valence-corrected chi connectivity index (χ3v) is 1.18. The second-order valence-electron chi connectivity index (χ2n) is 2.14. The molecule has 0 spiro atoms. The van der Waals surface area contributed by atoms with Gasteiger partial charge >= 0.3 is 17.8 Å². The summed E-state index contributed by atoms with van der Waals surface area (Å²) in [6.07, 6.45) is 0. The number of hydrogen-bond acceptors (Lipinski definition) is 0. The van der Waals surface area contributed by atoms with E-state index < -0.39 is 31.1 Å². The molecule has 0 atom stereocenters. The van der Waals surface area contributed by atoms with Crippen molar-refractivity contribution in [1.82, 2.24) is 0 Å². The van der Waals surface area contributed by atoms with Crippen molar-refractivity contribution in [1.29, 1.82) is 0 Å². The quantitative estimate of drug-likeness (QED) is 0.632. The lowest BCUT2D eigenvalue weighted by atomic mass is 10.1. The fourth-order valence-corrected chi connectivity index (χ4v) is 0.396. The summed E-state index contributed by atoms with van der Waals surface area (Å²) in [7, 11) is 0. The average Bonchev–Trinajstić information content (AvgIpc) is 2.03. The van der Waals surface area contributed by atoms with Crippen LogP contribution in [0.5, 0.6) is 0 Å². The van der Waals surface area contributed by atoms with Crippen molar-refractivity contribution < 1.29 is 35.1 Å². The highest BCUT2D eigenvalue weighted by atomic mass is 19.3. The molecule has 0 N–H and O–H groups in total. The van der Waals surface area contributed by atoms with Gasteiger partial charge in [-0.05, 0) is 0 Å². The summed E-state index contributed by atoms with van der Waals surface area (Å²) in [5.74, 6) is -17.4. The molecule has 1 radical (unpaired) electrons. The van der Waals surface area contributed by atoms with Gasteiger partial charge in [0.15, 0.2) is 6.67 Å². The number of halogens is 8. The van der Waals surface area contributed by atoms with Crippen LogP contribution in [0.2, 0.25) is 0 Å². The van der Waals surface area contributed by atoms with Crippen molar-refractivity contribution in [3.8, 4) is 0 Å². The molecule has 0 unspecified atom stereocenters. The maximum atomic E-state index is 12.0. The lowest BCUT2D eigenvalue weighted by Gasteiger charge is -2.28. The van der Waals surface area contributed by atoms with E-state index in [1.165, 1.54) is 0 Å². The third kappa shape index (κ3) is 1.86. The van der Waals surface area contributed by atoms with Gasteiger partial charge in [0.25, 0.3) is 0 Å². The number of rotatable bonds is 4. The average molecular weight is 215 g/mol. The van der Waals surface area contributed by atoms with Gasteiger partial charge in [-0.1, -0.05) is 0 Å². The molecule has 0 nitrogen and oxygen atoms in total. The Labute approximate surface area is 67.5 Å². The van der Waals surface area contributed by atoms with Gasteiger partial charge in [0, 0.05) is 0 Å². The van der Waals surface area contributed by atoms with E-state index in [2.05, 4.69) is 0 Å². The van der Waals surface area contributed by atoms with Gasteiger partial charge in [-0.2, -0.15) is 26.3 Å². The van der Waals surface area contributed by atoms with Crippen LogP contribution in [0.4, 0.5) is 35.1 Å². The van der Waals surface area contributed by atoms with Gasteiger partial charge in [0.05, 0.1) is 0 Å². The molecule has 0 aromatic carbocycles. The van der Waals surface area contributed by atoms with Crippen molar-refractivity contribution in [2.24, 2.45) is 0 Å². The predicted molar refractivity (Wildman–Crippen MR) is 26.2 cm³/mol. The summed E-state index contributed by atoms with van der Waals surface area (Å²) < 4.78 is 93.5. The molecule has 0 aliphatic rings. The number of alkyl halides is 7. The molecule has 0 amide bonds. The maximum absolute atomic E-state index is 12.0. The zero-order valence-electron chi connectivity index (χ0n) is 5.81. The fourth-order valence-electron chi connectivity index (χ4n) is 0.396. The van der Waals surface area contributed by atoms with Gasteiger partial charge in [-0.25, -0.2) is 8.78 Å². The van der Waals surface area contributed by atoms with Crippen molar-refractivity contribution in [2.75, 3.05) is 6.67 Å². The van der Waals surface area contributed by atoms with E-state index in [4.69, 9.17) is 0 Å². The van der Waals surface area contributed by atoms with Gasteiger partial charge in [-0.3, -0.25) is 0 Å². The van der Waals surface area contributed by atoms with Crippen LogP contribution < -0.4 is 0 Å². The van der Waals surface area contributed by atoms with E-state index in [0.29, 0.717) is 0 Å². The van der Waals surface area contributed by atoms with Crippen LogP contribution in [-0.2, 0) is 0 Å². The second kappa shape index (κ2) is 3.30. The van der Waals surface area contributed by atoms with Gasteiger partial charge in [-0.15, -0.1) is 0 Å². The van der Waals surface area contributed by atoms with E-state index in [9.17, 15) is 35.1 Å². The topological polar surface area (TPSA) is 0 Å². The molecule has 0 rings (SSSR count). The Morgan fingerprint density at radius 3 is 1.54 bits per heavy atom. The van der Waals surface area contributed by atoms with E-state index >= 15 is 0 Å². The summed E-state index contributed by atoms with van der Waals surface area (Å²) in [5.41, 5.74) is 0. The van der Waals surface area contributed by atoms with Crippen molar-refractivity contribution in [3.63, 3.8) is 0 Å². The minimum Gasteiger partial charge on any atom is -0.244 e. The first-order valence-corrected chi connectivity index (χ1v) is 2.76. The van der Waals surface area contributed by atoms with Crippen LogP contribution in [-0.4, -0.2) is 24.4 Å². The molecule has 8 heteroatoms. The molecule has 0 aliphatic heterocycles. The minimum absolute atomic E-state index is 1.89. The van der Waals surface area contributed by atoms with Crippen molar-refractivity contribution in [2.45, 2.75) is 17.8 Å². The SMILES string of the molecule is F[CH]C(F)(F)C(F)(F)C(F)(F)CF. The molecular formula is C5H3F8. The molecule has 0 saturated carbocycles. The molecule has 0 bridgehead atoms. The van der Waals surface area contributed by atoms with E-state index in [1.54, 1.807) is 0 Å². The van der Waals surface area contributed by atoms with Crippen LogP contribution in [0.3, 0.4) is 0 Å². The molecule has 0 aromatic heterocycles. The van der Waals surface area contributed by atoms with Crippen molar-refractivity contribution in [3.05, 3.63) is 6.67 Å². The summed E-state index contributed by atoms with van der Waals surface area (Å²) in [5, 5.41) is 0. The van der Waals surface area contributed by atoms with E-state index in [-0.39, 0.29) is 0 Å². The molecule has 13 heavy (non-hydrogen) atoms. The molecule has 0 fully saturated rings. The highest BCUT2D eigenvalue weighted by Gasteiger charge is 2.72. The van der Waals surface area contributed by atoms with Crippen LogP contribution in [0.25, 0.3) is 0 Å². The smallest absolute Gasteiger partial charge is 0.244 e. The summed E-state index contributed by atoms with van der Waals surface area (Å²) >= 11 is 0. The Hall–Kier alpha value is -0.560. The predicted octanol–water partition coefficient (Wildman–Crippen LogP) is 2.99. The Morgan fingerprint density at radius 1 is 0.923 bits per heavy atom. The third-order valence-electron chi connectivity index (χ3n) is 1.18. The van der Waals surface area contributed by atoms with Crippen LogP contribution in [0, 0.1) is 6.67 Å². The van der Waals surface area contributed by atoms with E-state index in [1.807, 2.05) is 0 Å². The Kier molecular flexibility index (Phi) is 3.16. The van der Waals surface area contributed by atoms with Crippen LogP contribution >= 0.6 is 0 Å². The van der Waals surface area contributed by atoms with E-state index in [0.717, 1.165) is 0 Å². The Balaban J connectivity index is 4.95. The molecular weight excluding hydrogens is 212 g/mol. The van der Waals surface area contributed by atoms with Crippen LogP contribution in [0.1, 0.15) is 0 Å². The lowest BCUT2D eigenvalue weighted by molar-refractivity contribution is -0.305. The van der Waals surface area contributed by atoms with Gasteiger partial charge in [0.1, 0.15) is 0 Å². The van der Waals surface area contributed by atoms with Crippen LogP contribution in [0.15, 0.2) is 0 Å². The lowest BCUT2D eigenvalue weighted by Crippen LogP contribution is -2.55. The van der Waals surface area contributed by atoms with Crippen molar-refractivity contribution >= 4 is 0 Å². The Morgan fingerprint density at radius 2 is 1.31 bits per heavy atom. The van der Waals surface area contributed by atoms with Gasteiger partial charge in [0.2, 0.25) is 6.67 Å². The highest BCUT2D eigenvalue weighted by Crippen LogP contribution is 2.47. The first-order chi connectivity index (χ1) is 5.62.